The van der Waals surface area contributed by atoms with E-state index in [1.807, 2.05) is 30.3 Å². The van der Waals surface area contributed by atoms with Crippen LogP contribution in [0.15, 0.2) is 72.9 Å². The fraction of sp³-hybridized carbons (Fsp3) is 0. The molecule has 0 bridgehead atoms. The van der Waals surface area contributed by atoms with Crippen LogP contribution in [0.3, 0.4) is 0 Å². The summed E-state index contributed by atoms with van der Waals surface area (Å²) in [4.78, 5) is 4.14. The SMILES string of the molecule is Nc1ccc(-c2cccc(-c3ccccc3)c2)cn1. The van der Waals surface area contributed by atoms with E-state index in [1.54, 1.807) is 6.20 Å². The van der Waals surface area contributed by atoms with Crippen LogP contribution in [0.25, 0.3) is 22.3 Å². The van der Waals surface area contributed by atoms with Crippen LogP contribution in [0, 0.1) is 0 Å². The van der Waals surface area contributed by atoms with Crippen molar-refractivity contribution in [2.24, 2.45) is 0 Å². The minimum Gasteiger partial charge on any atom is -0.384 e. The Morgan fingerprint density at radius 2 is 1.32 bits per heavy atom. The Labute approximate surface area is 112 Å². The predicted octanol–water partition coefficient (Wildman–Crippen LogP) is 4.00. The molecule has 19 heavy (non-hydrogen) atoms. The first kappa shape index (κ1) is 11.5. The first-order valence-corrected chi connectivity index (χ1v) is 6.20. The maximum absolute atomic E-state index is 5.61. The molecule has 2 nitrogen and oxygen atoms in total. The highest BCUT2D eigenvalue weighted by atomic mass is 14.8. The van der Waals surface area contributed by atoms with E-state index in [0.29, 0.717) is 5.82 Å². The van der Waals surface area contributed by atoms with Gasteiger partial charge in [0, 0.05) is 11.8 Å². The first-order valence-electron chi connectivity index (χ1n) is 6.20. The number of nitrogen functional groups attached to an aromatic ring is 1. The smallest absolute Gasteiger partial charge is 0.123 e. The third-order valence-electron chi connectivity index (χ3n) is 3.09. The van der Waals surface area contributed by atoms with Crippen LogP contribution in [0.5, 0.6) is 0 Å². The van der Waals surface area contributed by atoms with Gasteiger partial charge >= 0.3 is 0 Å². The summed E-state index contributed by atoms with van der Waals surface area (Å²) in [6.07, 6.45) is 1.80. The number of pyridine rings is 1. The third-order valence-corrected chi connectivity index (χ3v) is 3.09. The minimum atomic E-state index is 0.544. The second kappa shape index (κ2) is 4.94. The summed E-state index contributed by atoms with van der Waals surface area (Å²) in [5.74, 6) is 0.544. The highest BCUT2D eigenvalue weighted by molar-refractivity contribution is 5.72. The highest BCUT2D eigenvalue weighted by Gasteiger charge is 2.01. The summed E-state index contributed by atoms with van der Waals surface area (Å²) in [5, 5.41) is 0. The summed E-state index contributed by atoms with van der Waals surface area (Å²) >= 11 is 0. The van der Waals surface area contributed by atoms with Crippen molar-refractivity contribution in [3.8, 4) is 22.3 Å². The van der Waals surface area contributed by atoms with Crippen LogP contribution in [-0.2, 0) is 0 Å². The normalized spacial score (nSPS) is 10.3. The maximum Gasteiger partial charge on any atom is 0.123 e. The zero-order valence-electron chi connectivity index (χ0n) is 10.5. The lowest BCUT2D eigenvalue weighted by Gasteiger charge is -2.06. The number of anilines is 1. The number of nitrogens with two attached hydrogens (primary N) is 1. The topological polar surface area (TPSA) is 38.9 Å². The van der Waals surface area contributed by atoms with Crippen molar-refractivity contribution in [3.05, 3.63) is 72.9 Å². The number of rotatable bonds is 2. The van der Waals surface area contributed by atoms with Crippen molar-refractivity contribution in [1.29, 1.82) is 0 Å². The molecule has 0 atom stereocenters. The zero-order chi connectivity index (χ0) is 13.1. The molecule has 1 aromatic heterocycles. The molecule has 1 heterocycles. The van der Waals surface area contributed by atoms with Gasteiger partial charge in [0.2, 0.25) is 0 Å². The second-order valence-electron chi connectivity index (χ2n) is 4.42. The van der Waals surface area contributed by atoms with Gasteiger partial charge in [0.25, 0.3) is 0 Å². The molecule has 0 aliphatic carbocycles. The van der Waals surface area contributed by atoms with Gasteiger partial charge in [-0.2, -0.15) is 0 Å². The minimum absolute atomic E-state index is 0.544. The van der Waals surface area contributed by atoms with Gasteiger partial charge in [-0.15, -0.1) is 0 Å². The number of nitrogens with zero attached hydrogens (tertiary/aromatic N) is 1. The lowest BCUT2D eigenvalue weighted by molar-refractivity contribution is 1.34. The van der Waals surface area contributed by atoms with E-state index in [1.165, 1.54) is 11.1 Å². The Bertz CT molecular complexity index is 673. The monoisotopic (exact) mass is 246 g/mol. The fourth-order valence-corrected chi connectivity index (χ4v) is 2.08. The van der Waals surface area contributed by atoms with E-state index in [0.717, 1.165) is 11.1 Å². The predicted molar refractivity (Wildman–Crippen MR) is 79.5 cm³/mol. The molecule has 2 aromatic carbocycles. The number of benzene rings is 2. The molecule has 0 amide bonds. The van der Waals surface area contributed by atoms with Crippen molar-refractivity contribution in [2.75, 3.05) is 5.73 Å². The van der Waals surface area contributed by atoms with Crippen LogP contribution >= 0.6 is 0 Å². The van der Waals surface area contributed by atoms with Crippen LogP contribution in [-0.4, -0.2) is 4.98 Å². The van der Waals surface area contributed by atoms with Crippen LogP contribution in [0.4, 0.5) is 5.82 Å². The van der Waals surface area contributed by atoms with Crippen molar-refractivity contribution in [2.45, 2.75) is 0 Å². The Morgan fingerprint density at radius 3 is 2.00 bits per heavy atom. The molecular formula is C17H14N2. The zero-order valence-corrected chi connectivity index (χ0v) is 10.5. The van der Waals surface area contributed by atoms with Gasteiger partial charge in [-0.3, -0.25) is 0 Å². The summed E-state index contributed by atoms with van der Waals surface area (Å²) in [6, 6.07) is 22.6. The van der Waals surface area contributed by atoms with Gasteiger partial charge in [-0.05, 0) is 34.9 Å². The number of hydrogen-bond acceptors (Lipinski definition) is 2. The molecule has 0 unspecified atom stereocenters. The molecule has 0 aliphatic rings. The van der Waals surface area contributed by atoms with E-state index in [4.69, 9.17) is 5.73 Å². The number of hydrogen-bond donors (Lipinski definition) is 1. The molecule has 2 N–H and O–H groups in total. The standard InChI is InChI=1S/C17H14N2/c18-17-10-9-16(12-19-17)15-8-4-7-14(11-15)13-5-2-1-3-6-13/h1-12H,(H2,18,19). The van der Waals surface area contributed by atoms with Gasteiger partial charge in [0.1, 0.15) is 5.82 Å². The maximum atomic E-state index is 5.61. The summed E-state index contributed by atoms with van der Waals surface area (Å²) in [6.45, 7) is 0. The summed E-state index contributed by atoms with van der Waals surface area (Å²) in [7, 11) is 0. The molecule has 0 fully saturated rings. The number of aromatic nitrogens is 1. The Kier molecular flexibility index (Phi) is 2.99. The van der Waals surface area contributed by atoms with Crippen molar-refractivity contribution >= 4 is 5.82 Å². The Hall–Kier alpha value is -2.61. The van der Waals surface area contributed by atoms with Crippen molar-refractivity contribution in [1.82, 2.24) is 4.98 Å². The third kappa shape index (κ3) is 2.47. The lowest BCUT2D eigenvalue weighted by atomic mass is 10.0. The van der Waals surface area contributed by atoms with Crippen LogP contribution in [0.1, 0.15) is 0 Å². The molecule has 0 saturated heterocycles. The van der Waals surface area contributed by atoms with E-state index in [9.17, 15) is 0 Å². The van der Waals surface area contributed by atoms with E-state index in [2.05, 4.69) is 41.4 Å². The highest BCUT2D eigenvalue weighted by Crippen LogP contribution is 2.25. The van der Waals surface area contributed by atoms with E-state index >= 15 is 0 Å². The molecular weight excluding hydrogens is 232 g/mol. The fourth-order valence-electron chi connectivity index (χ4n) is 2.08. The van der Waals surface area contributed by atoms with Gasteiger partial charge in [0.05, 0.1) is 0 Å². The average molecular weight is 246 g/mol. The second-order valence-corrected chi connectivity index (χ2v) is 4.42. The van der Waals surface area contributed by atoms with Gasteiger partial charge in [-0.1, -0.05) is 48.5 Å². The molecule has 2 heteroatoms. The Balaban J connectivity index is 2.03. The van der Waals surface area contributed by atoms with E-state index < -0.39 is 0 Å². The van der Waals surface area contributed by atoms with Gasteiger partial charge < -0.3 is 5.73 Å². The molecule has 0 radical (unpaired) electrons. The van der Waals surface area contributed by atoms with Gasteiger partial charge in [-0.25, -0.2) is 4.98 Å². The average Bonchev–Trinajstić information content (AvgIpc) is 2.49. The molecule has 3 aromatic rings. The quantitative estimate of drug-likeness (QED) is 0.742. The van der Waals surface area contributed by atoms with Crippen LogP contribution < -0.4 is 5.73 Å². The summed E-state index contributed by atoms with van der Waals surface area (Å²) < 4.78 is 0. The van der Waals surface area contributed by atoms with Crippen molar-refractivity contribution in [3.63, 3.8) is 0 Å². The molecule has 0 saturated carbocycles. The van der Waals surface area contributed by atoms with E-state index in [-0.39, 0.29) is 0 Å². The largest absolute Gasteiger partial charge is 0.384 e. The molecule has 0 aliphatic heterocycles. The lowest BCUT2D eigenvalue weighted by Crippen LogP contribution is -1.89. The Morgan fingerprint density at radius 1 is 0.632 bits per heavy atom. The first-order chi connectivity index (χ1) is 9.33. The van der Waals surface area contributed by atoms with Crippen molar-refractivity contribution < 1.29 is 0 Å². The molecule has 3 rings (SSSR count). The summed E-state index contributed by atoms with van der Waals surface area (Å²) in [5.41, 5.74) is 10.3. The van der Waals surface area contributed by atoms with Crippen LogP contribution in [0.2, 0.25) is 0 Å². The van der Waals surface area contributed by atoms with Gasteiger partial charge in [0.15, 0.2) is 0 Å². The molecule has 92 valence electrons. The molecule has 0 spiro atoms.